The van der Waals surface area contributed by atoms with Gasteiger partial charge in [0.15, 0.2) is 0 Å². The van der Waals surface area contributed by atoms with Crippen LogP contribution in [0.1, 0.15) is 31.8 Å². The van der Waals surface area contributed by atoms with E-state index >= 15 is 0 Å². The van der Waals surface area contributed by atoms with Crippen LogP contribution >= 0.6 is 23.2 Å². The molecule has 6 rings (SSSR count). The van der Waals surface area contributed by atoms with Crippen LogP contribution in [0, 0.1) is 0 Å². The van der Waals surface area contributed by atoms with Crippen LogP contribution in [0.25, 0.3) is 21.5 Å². The fourth-order valence-corrected chi connectivity index (χ4v) is 5.11. The second-order valence-corrected chi connectivity index (χ2v) is 10.4. The van der Waals surface area contributed by atoms with Crippen LogP contribution in [0.15, 0.2) is 121 Å². The molecule has 0 aliphatic carbocycles. The van der Waals surface area contributed by atoms with E-state index in [1.807, 2.05) is 60.7 Å². The molecule has 0 fully saturated rings. The molecule has 0 amide bonds. The summed E-state index contributed by atoms with van der Waals surface area (Å²) < 4.78 is 11.9. The molecule has 200 valence electrons. The first-order valence-electron chi connectivity index (χ1n) is 12.9. The predicted molar refractivity (Wildman–Crippen MR) is 164 cm³/mol. The molecule has 0 aromatic heterocycles. The number of ether oxygens (including phenoxy) is 2. The van der Waals surface area contributed by atoms with Gasteiger partial charge in [-0.15, -0.1) is 0 Å². The van der Waals surface area contributed by atoms with E-state index in [4.69, 9.17) is 32.7 Å². The Bertz CT molecular complexity index is 1770. The number of hydrogen-bond acceptors (Lipinski definition) is 4. The summed E-state index contributed by atoms with van der Waals surface area (Å²) in [6.07, 6.45) is 0.342. The first-order valence-corrected chi connectivity index (χ1v) is 13.7. The van der Waals surface area contributed by atoms with Gasteiger partial charge in [-0.25, -0.2) is 9.59 Å². The molecule has 41 heavy (non-hydrogen) atoms. The van der Waals surface area contributed by atoms with E-state index in [-0.39, 0.29) is 0 Å². The fourth-order valence-electron chi connectivity index (χ4n) is 4.85. The zero-order valence-electron chi connectivity index (χ0n) is 21.6. The van der Waals surface area contributed by atoms with Crippen molar-refractivity contribution in [1.29, 1.82) is 0 Å². The predicted octanol–water partition coefficient (Wildman–Crippen LogP) is 9.33. The van der Waals surface area contributed by atoms with Crippen LogP contribution in [0.5, 0.6) is 11.5 Å². The summed E-state index contributed by atoms with van der Waals surface area (Å²) in [4.78, 5) is 26.3. The molecule has 6 heteroatoms. The maximum Gasteiger partial charge on any atom is 0.343 e. The van der Waals surface area contributed by atoms with Crippen LogP contribution in [0.2, 0.25) is 10.0 Å². The third-order valence-corrected chi connectivity index (χ3v) is 7.42. The number of carbonyl (C=O) groups is 2. The molecule has 0 bridgehead atoms. The van der Waals surface area contributed by atoms with Crippen LogP contribution < -0.4 is 9.47 Å². The molecule has 0 heterocycles. The van der Waals surface area contributed by atoms with E-state index in [9.17, 15) is 9.59 Å². The molecule has 0 unspecified atom stereocenters. The molecule has 6 aromatic rings. The third kappa shape index (κ3) is 5.66. The van der Waals surface area contributed by atoms with Gasteiger partial charge in [-0.3, -0.25) is 0 Å². The average Bonchev–Trinajstić information content (AvgIpc) is 2.99. The van der Waals surface area contributed by atoms with Gasteiger partial charge in [0.2, 0.25) is 0 Å². The molecule has 0 saturated carbocycles. The lowest BCUT2D eigenvalue weighted by Crippen LogP contribution is -2.12. The van der Waals surface area contributed by atoms with E-state index in [2.05, 4.69) is 0 Å². The topological polar surface area (TPSA) is 52.6 Å². The summed E-state index contributed by atoms with van der Waals surface area (Å²) in [6.45, 7) is 0. The average molecular weight is 577 g/mol. The van der Waals surface area contributed by atoms with E-state index in [1.54, 1.807) is 60.7 Å². The Labute approximate surface area is 246 Å². The van der Waals surface area contributed by atoms with Gasteiger partial charge in [-0.05, 0) is 82.2 Å². The second kappa shape index (κ2) is 11.5. The summed E-state index contributed by atoms with van der Waals surface area (Å²) in [7, 11) is 0. The lowest BCUT2D eigenvalue weighted by molar-refractivity contribution is 0.0726. The Morgan fingerprint density at radius 2 is 0.878 bits per heavy atom. The highest BCUT2D eigenvalue weighted by atomic mass is 35.5. The van der Waals surface area contributed by atoms with Crippen LogP contribution in [0.4, 0.5) is 0 Å². The largest absolute Gasteiger partial charge is 0.423 e. The smallest absolute Gasteiger partial charge is 0.343 e. The Morgan fingerprint density at radius 1 is 0.488 bits per heavy atom. The summed E-state index contributed by atoms with van der Waals surface area (Å²) in [5, 5.41) is 4.91. The van der Waals surface area contributed by atoms with Gasteiger partial charge in [0.05, 0.1) is 11.1 Å². The van der Waals surface area contributed by atoms with Gasteiger partial charge in [0.1, 0.15) is 11.5 Å². The lowest BCUT2D eigenvalue weighted by Gasteiger charge is -2.17. The first-order chi connectivity index (χ1) is 20.0. The Kier molecular flexibility index (Phi) is 7.43. The normalized spacial score (nSPS) is 11.0. The van der Waals surface area contributed by atoms with Crippen molar-refractivity contribution in [1.82, 2.24) is 0 Å². The Hall–Kier alpha value is -4.64. The summed E-state index contributed by atoms with van der Waals surface area (Å²) in [5.74, 6) is -0.144. The van der Waals surface area contributed by atoms with Crippen molar-refractivity contribution < 1.29 is 19.1 Å². The highest BCUT2D eigenvalue weighted by Gasteiger charge is 2.20. The number of fused-ring (bicyclic) bond motifs is 2. The minimum Gasteiger partial charge on any atom is -0.423 e. The van der Waals surface area contributed by atoms with Crippen molar-refractivity contribution in [2.45, 2.75) is 6.42 Å². The van der Waals surface area contributed by atoms with Gasteiger partial charge in [-0.1, -0.05) is 83.9 Å². The molecule has 4 nitrogen and oxygen atoms in total. The van der Waals surface area contributed by atoms with E-state index in [0.717, 1.165) is 32.7 Å². The minimum atomic E-state index is -0.495. The highest BCUT2D eigenvalue weighted by molar-refractivity contribution is 6.31. The molecular weight excluding hydrogens is 555 g/mol. The quantitative estimate of drug-likeness (QED) is 0.146. The number of benzene rings is 6. The maximum atomic E-state index is 13.1. The maximum absolute atomic E-state index is 13.1. The van der Waals surface area contributed by atoms with Gasteiger partial charge >= 0.3 is 11.9 Å². The fraction of sp³-hybridized carbons (Fsp3) is 0.0286. The van der Waals surface area contributed by atoms with Crippen molar-refractivity contribution in [3.8, 4) is 11.5 Å². The number of hydrogen-bond donors (Lipinski definition) is 0. The molecule has 0 spiro atoms. The van der Waals surface area contributed by atoms with Crippen molar-refractivity contribution in [2.75, 3.05) is 0 Å². The van der Waals surface area contributed by atoms with Crippen LogP contribution in [0.3, 0.4) is 0 Å². The van der Waals surface area contributed by atoms with E-state index < -0.39 is 11.9 Å². The van der Waals surface area contributed by atoms with Crippen LogP contribution in [-0.2, 0) is 6.42 Å². The number of carbonyl (C=O) groups excluding carboxylic acids is 2. The van der Waals surface area contributed by atoms with Crippen molar-refractivity contribution in [3.63, 3.8) is 0 Å². The number of halogens is 2. The van der Waals surface area contributed by atoms with E-state index in [1.165, 1.54) is 0 Å². The highest BCUT2D eigenvalue weighted by Crippen LogP contribution is 2.37. The van der Waals surface area contributed by atoms with Gasteiger partial charge < -0.3 is 9.47 Å². The molecule has 0 aliphatic heterocycles. The number of rotatable bonds is 6. The first kappa shape index (κ1) is 26.6. The van der Waals surface area contributed by atoms with Gasteiger partial charge in [0.25, 0.3) is 0 Å². The minimum absolute atomic E-state index is 0.342. The Morgan fingerprint density at radius 3 is 1.29 bits per heavy atom. The molecule has 0 N–H and O–H groups in total. The summed E-state index contributed by atoms with van der Waals surface area (Å²) in [6, 6.07) is 36.4. The lowest BCUT2D eigenvalue weighted by atomic mass is 9.93. The van der Waals surface area contributed by atoms with E-state index in [0.29, 0.717) is 39.1 Å². The Balaban J connectivity index is 1.45. The molecule has 0 atom stereocenters. The molecule has 0 saturated heterocycles. The monoisotopic (exact) mass is 576 g/mol. The molecule has 0 radical (unpaired) electrons. The second-order valence-electron chi connectivity index (χ2n) is 9.50. The number of esters is 2. The summed E-state index contributed by atoms with van der Waals surface area (Å²) in [5.41, 5.74) is 2.36. The molecule has 6 aromatic carbocycles. The third-order valence-electron chi connectivity index (χ3n) is 6.91. The molecular formula is C35H22Cl2O4. The SMILES string of the molecule is O=C(Oc1ccc2ccccc2c1Cc1c(OC(=O)c2ccc(Cl)cc2)ccc2ccccc12)c1ccc(Cl)cc1. The van der Waals surface area contributed by atoms with Gasteiger partial charge in [0, 0.05) is 27.6 Å². The standard InChI is InChI=1S/C35H22Cl2O4/c36-26-15-9-24(10-16-26)34(38)40-32-19-13-22-5-1-3-7-28(22)30(32)21-31-29-8-4-2-6-23(29)14-20-33(31)41-35(39)25-11-17-27(37)18-12-25/h1-20H,21H2. The zero-order chi connectivity index (χ0) is 28.3. The van der Waals surface area contributed by atoms with Gasteiger partial charge in [-0.2, -0.15) is 0 Å². The van der Waals surface area contributed by atoms with Crippen molar-refractivity contribution in [2.24, 2.45) is 0 Å². The molecule has 0 aliphatic rings. The van der Waals surface area contributed by atoms with Crippen molar-refractivity contribution >= 4 is 56.7 Å². The zero-order valence-corrected chi connectivity index (χ0v) is 23.2. The van der Waals surface area contributed by atoms with Crippen LogP contribution in [-0.4, -0.2) is 11.9 Å². The van der Waals surface area contributed by atoms with Crippen molar-refractivity contribution in [3.05, 3.63) is 154 Å². The summed E-state index contributed by atoms with van der Waals surface area (Å²) >= 11 is 12.0.